The highest BCUT2D eigenvalue weighted by Crippen LogP contribution is 2.28. The molecule has 1 N–H and O–H groups in total. The first-order chi connectivity index (χ1) is 10.7. The van der Waals surface area contributed by atoms with E-state index in [-0.39, 0.29) is 5.91 Å². The Bertz CT molecular complexity index is 603. The molecule has 0 aliphatic heterocycles. The predicted molar refractivity (Wildman–Crippen MR) is 90.8 cm³/mol. The summed E-state index contributed by atoms with van der Waals surface area (Å²) in [6, 6.07) is 13.1. The van der Waals surface area contributed by atoms with Gasteiger partial charge in [-0.2, -0.15) is 0 Å². The Morgan fingerprint density at radius 3 is 2.68 bits per heavy atom. The van der Waals surface area contributed by atoms with Crippen LogP contribution in [-0.4, -0.2) is 23.4 Å². The summed E-state index contributed by atoms with van der Waals surface area (Å²) in [5.41, 5.74) is 2.39. The van der Waals surface area contributed by atoms with Crippen molar-refractivity contribution in [1.82, 2.24) is 10.2 Å². The van der Waals surface area contributed by atoms with Gasteiger partial charge in [-0.25, -0.2) is 0 Å². The summed E-state index contributed by atoms with van der Waals surface area (Å²) < 4.78 is 0. The number of carbonyl (C=O) groups excluding carboxylic acids is 1. The van der Waals surface area contributed by atoms with Crippen molar-refractivity contribution in [3.63, 3.8) is 0 Å². The standard InChI is InChI=1S/C18H22N2OS/c1-14-4-6-15(7-5-14)11-19-18(21)13-20(16-8-9-16)12-17-3-2-10-22-17/h2-7,10,16H,8-9,11-13H2,1H3,(H,19,21). The molecule has 3 rings (SSSR count). The maximum Gasteiger partial charge on any atom is 0.234 e. The topological polar surface area (TPSA) is 32.3 Å². The highest BCUT2D eigenvalue weighted by atomic mass is 32.1. The highest BCUT2D eigenvalue weighted by molar-refractivity contribution is 7.09. The van der Waals surface area contributed by atoms with E-state index in [0.29, 0.717) is 19.1 Å². The Labute approximate surface area is 136 Å². The average molecular weight is 314 g/mol. The number of amides is 1. The lowest BCUT2D eigenvalue weighted by Crippen LogP contribution is -2.37. The Morgan fingerprint density at radius 2 is 2.05 bits per heavy atom. The number of rotatable bonds is 7. The number of hydrogen-bond donors (Lipinski definition) is 1. The molecule has 3 nitrogen and oxygen atoms in total. The molecule has 1 aliphatic rings. The van der Waals surface area contributed by atoms with Crippen LogP contribution in [0.15, 0.2) is 41.8 Å². The Hall–Kier alpha value is -1.65. The summed E-state index contributed by atoms with van der Waals surface area (Å²) in [5.74, 6) is 0.115. The van der Waals surface area contributed by atoms with Crippen molar-refractivity contribution in [2.45, 2.75) is 38.9 Å². The van der Waals surface area contributed by atoms with Gasteiger partial charge in [0, 0.05) is 24.0 Å². The largest absolute Gasteiger partial charge is 0.351 e. The number of nitrogens with zero attached hydrogens (tertiary/aromatic N) is 1. The Morgan fingerprint density at radius 1 is 1.27 bits per heavy atom. The van der Waals surface area contributed by atoms with Gasteiger partial charge in [0.1, 0.15) is 0 Å². The molecule has 0 saturated heterocycles. The normalized spacial score (nSPS) is 14.3. The molecule has 1 amide bonds. The lowest BCUT2D eigenvalue weighted by molar-refractivity contribution is -0.122. The Kier molecular flexibility index (Phi) is 4.90. The van der Waals surface area contributed by atoms with Crippen molar-refractivity contribution in [1.29, 1.82) is 0 Å². The maximum atomic E-state index is 12.2. The van der Waals surface area contributed by atoms with Crippen LogP contribution in [0.5, 0.6) is 0 Å². The molecule has 1 saturated carbocycles. The molecule has 0 radical (unpaired) electrons. The van der Waals surface area contributed by atoms with Gasteiger partial charge in [-0.3, -0.25) is 9.69 Å². The van der Waals surface area contributed by atoms with Crippen LogP contribution in [0, 0.1) is 6.92 Å². The van der Waals surface area contributed by atoms with Gasteiger partial charge in [-0.05, 0) is 36.8 Å². The quantitative estimate of drug-likeness (QED) is 0.850. The van der Waals surface area contributed by atoms with Crippen LogP contribution in [0.1, 0.15) is 28.8 Å². The first kappa shape index (κ1) is 15.3. The van der Waals surface area contributed by atoms with E-state index in [0.717, 1.165) is 12.1 Å². The molecule has 0 spiro atoms. The molecule has 1 fully saturated rings. The van der Waals surface area contributed by atoms with E-state index in [4.69, 9.17) is 0 Å². The minimum absolute atomic E-state index is 0.115. The van der Waals surface area contributed by atoms with Crippen molar-refractivity contribution >= 4 is 17.2 Å². The number of nitrogens with one attached hydrogen (secondary N) is 1. The minimum atomic E-state index is 0.115. The first-order valence-electron chi connectivity index (χ1n) is 7.79. The molecular formula is C18H22N2OS. The number of hydrogen-bond acceptors (Lipinski definition) is 3. The second-order valence-corrected chi connectivity index (χ2v) is 7.01. The van der Waals surface area contributed by atoms with E-state index in [1.54, 1.807) is 11.3 Å². The summed E-state index contributed by atoms with van der Waals surface area (Å²) in [6.07, 6.45) is 2.44. The minimum Gasteiger partial charge on any atom is -0.351 e. The highest BCUT2D eigenvalue weighted by Gasteiger charge is 2.30. The van der Waals surface area contributed by atoms with Crippen LogP contribution in [0.4, 0.5) is 0 Å². The van der Waals surface area contributed by atoms with Gasteiger partial charge in [-0.15, -0.1) is 11.3 Å². The number of thiophene rings is 1. The van der Waals surface area contributed by atoms with Crippen LogP contribution in [0.2, 0.25) is 0 Å². The summed E-state index contributed by atoms with van der Waals surface area (Å²) in [6.45, 7) is 4.06. The second kappa shape index (κ2) is 7.07. The zero-order chi connectivity index (χ0) is 15.4. The molecule has 0 bridgehead atoms. The van der Waals surface area contributed by atoms with E-state index in [1.807, 2.05) is 0 Å². The zero-order valence-electron chi connectivity index (χ0n) is 12.9. The SMILES string of the molecule is Cc1ccc(CNC(=O)CN(Cc2cccs2)C2CC2)cc1. The number of aryl methyl sites for hydroxylation is 1. The average Bonchev–Trinajstić information content (AvgIpc) is 3.24. The summed E-state index contributed by atoms with van der Waals surface area (Å²) in [4.78, 5) is 15.8. The van der Waals surface area contributed by atoms with Gasteiger partial charge in [0.15, 0.2) is 0 Å². The third-order valence-electron chi connectivity index (χ3n) is 3.96. The molecular weight excluding hydrogens is 292 g/mol. The third-order valence-corrected chi connectivity index (χ3v) is 4.82. The molecule has 116 valence electrons. The summed E-state index contributed by atoms with van der Waals surface area (Å²) >= 11 is 1.76. The molecule has 2 aromatic rings. The van der Waals surface area contributed by atoms with Crippen LogP contribution in [0.3, 0.4) is 0 Å². The molecule has 0 unspecified atom stereocenters. The molecule has 1 heterocycles. The molecule has 0 atom stereocenters. The summed E-state index contributed by atoms with van der Waals surface area (Å²) in [5, 5.41) is 5.13. The monoisotopic (exact) mass is 314 g/mol. The van der Waals surface area contributed by atoms with Crippen molar-refractivity contribution in [2.24, 2.45) is 0 Å². The number of carbonyl (C=O) groups is 1. The fourth-order valence-electron chi connectivity index (χ4n) is 2.50. The van der Waals surface area contributed by atoms with Crippen molar-refractivity contribution in [3.05, 3.63) is 57.8 Å². The van der Waals surface area contributed by atoms with E-state index in [9.17, 15) is 4.79 Å². The van der Waals surface area contributed by atoms with Gasteiger partial charge < -0.3 is 5.32 Å². The molecule has 22 heavy (non-hydrogen) atoms. The van der Waals surface area contributed by atoms with Crippen molar-refractivity contribution in [3.8, 4) is 0 Å². The van der Waals surface area contributed by atoms with Crippen molar-refractivity contribution < 1.29 is 4.79 Å². The molecule has 1 aliphatic carbocycles. The van der Waals surface area contributed by atoms with Gasteiger partial charge >= 0.3 is 0 Å². The lowest BCUT2D eigenvalue weighted by Gasteiger charge is -2.20. The van der Waals surface area contributed by atoms with Crippen LogP contribution < -0.4 is 5.32 Å². The van der Waals surface area contributed by atoms with Crippen LogP contribution in [-0.2, 0) is 17.9 Å². The van der Waals surface area contributed by atoms with E-state index in [1.165, 1.54) is 23.3 Å². The smallest absolute Gasteiger partial charge is 0.234 e. The molecule has 4 heteroatoms. The zero-order valence-corrected chi connectivity index (χ0v) is 13.7. The predicted octanol–water partition coefficient (Wildman–Crippen LogP) is 3.34. The van der Waals surface area contributed by atoms with Crippen LogP contribution in [0.25, 0.3) is 0 Å². The van der Waals surface area contributed by atoms with Gasteiger partial charge in [-0.1, -0.05) is 35.9 Å². The van der Waals surface area contributed by atoms with Gasteiger partial charge in [0.25, 0.3) is 0 Å². The third kappa shape index (κ3) is 4.42. The first-order valence-corrected chi connectivity index (χ1v) is 8.67. The van der Waals surface area contributed by atoms with Crippen molar-refractivity contribution in [2.75, 3.05) is 6.54 Å². The van der Waals surface area contributed by atoms with Crippen LogP contribution >= 0.6 is 11.3 Å². The second-order valence-electron chi connectivity index (χ2n) is 5.98. The Balaban J connectivity index is 1.49. The van der Waals surface area contributed by atoms with Gasteiger partial charge in [0.05, 0.1) is 6.54 Å². The summed E-state index contributed by atoms with van der Waals surface area (Å²) in [7, 11) is 0. The van der Waals surface area contributed by atoms with E-state index in [2.05, 4.69) is 58.9 Å². The van der Waals surface area contributed by atoms with E-state index < -0.39 is 0 Å². The lowest BCUT2D eigenvalue weighted by atomic mass is 10.1. The van der Waals surface area contributed by atoms with E-state index >= 15 is 0 Å². The fourth-order valence-corrected chi connectivity index (χ4v) is 3.23. The number of benzene rings is 1. The molecule has 1 aromatic carbocycles. The fraction of sp³-hybridized carbons (Fsp3) is 0.389. The molecule has 1 aromatic heterocycles. The van der Waals surface area contributed by atoms with Gasteiger partial charge in [0.2, 0.25) is 5.91 Å². The maximum absolute atomic E-state index is 12.2.